The van der Waals surface area contributed by atoms with Gasteiger partial charge in [-0.25, -0.2) is 4.98 Å². The van der Waals surface area contributed by atoms with E-state index in [0.29, 0.717) is 11.9 Å². The second-order valence-corrected chi connectivity index (χ2v) is 4.89. The second kappa shape index (κ2) is 6.76. The van der Waals surface area contributed by atoms with Crippen molar-refractivity contribution in [1.82, 2.24) is 9.88 Å². The van der Waals surface area contributed by atoms with E-state index in [0.717, 1.165) is 24.3 Å². The molecule has 0 aliphatic rings. The Morgan fingerprint density at radius 1 is 1.56 bits per heavy atom. The molecule has 0 aromatic carbocycles. The Morgan fingerprint density at radius 2 is 2.31 bits per heavy atom. The molecule has 0 radical (unpaired) electrons. The summed E-state index contributed by atoms with van der Waals surface area (Å²) in [6.45, 7) is 3.10. The fourth-order valence-corrected chi connectivity index (χ4v) is 2.61. The summed E-state index contributed by atoms with van der Waals surface area (Å²) in [6.07, 6.45) is 5.05. The van der Waals surface area contributed by atoms with Crippen molar-refractivity contribution in [3.8, 4) is 0 Å². The molecule has 0 aliphatic heterocycles. The standard InChI is InChI=1S/C12H21N3S/c1-4-11(9-16-3)15(2)8-10-6-5-7-14-12(10)13/h5-7,11H,4,8-9H2,1-3H3,(H2,13,14). The van der Waals surface area contributed by atoms with Gasteiger partial charge < -0.3 is 5.73 Å². The van der Waals surface area contributed by atoms with Crippen molar-refractivity contribution < 1.29 is 0 Å². The molecule has 90 valence electrons. The number of rotatable bonds is 6. The van der Waals surface area contributed by atoms with Crippen LogP contribution < -0.4 is 5.73 Å². The lowest BCUT2D eigenvalue weighted by molar-refractivity contribution is 0.248. The Balaban J connectivity index is 2.62. The van der Waals surface area contributed by atoms with Gasteiger partial charge in [0.05, 0.1) is 0 Å². The average Bonchev–Trinajstić information content (AvgIpc) is 2.29. The minimum absolute atomic E-state index is 0.606. The lowest BCUT2D eigenvalue weighted by Crippen LogP contribution is -2.32. The quantitative estimate of drug-likeness (QED) is 0.826. The SMILES string of the molecule is CCC(CSC)N(C)Cc1cccnc1N. The maximum atomic E-state index is 5.84. The van der Waals surface area contributed by atoms with Crippen molar-refractivity contribution in [1.29, 1.82) is 0 Å². The molecule has 0 amide bonds. The van der Waals surface area contributed by atoms with Gasteiger partial charge in [0.15, 0.2) is 0 Å². The highest BCUT2D eigenvalue weighted by Gasteiger charge is 2.13. The zero-order valence-corrected chi connectivity index (χ0v) is 11.1. The molecular formula is C12H21N3S. The summed E-state index contributed by atoms with van der Waals surface area (Å²) in [5.41, 5.74) is 6.96. The van der Waals surface area contributed by atoms with Crippen LogP contribution in [0.15, 0.2) is 18.3 Å². The third-order valence-electron chi connectivity index (χ3n) is 2.80. The molecular weight excluding hydrogens is 218 g/mol. The van der Waals surface area contributed by atoms with Crippen molar-refractivity contribution in [3.63, 3.8) is 0 Å². The van der Waals surface area contributed by atoms with Crippen LogP contribution in [0.1, 0.15) is 18.9 Å². The van der Waals surface area contributed by atoms with E-state index in [2.05, 4.69) is 30.1 Å². The van der Waals surface area contributed by atoms with Gasteiger partial charge >= 0.3 is 0 Å². The Hall–Kier alpha value is -0.740. The molecule has 0 saturated carbocycles. The van der Waals surface area contributed by atoms with Crippen LogP contribution in [0.4, 0.5) is 5.82 Å². The third-order valence-corrected chi connectivity index (χ3v) is 3.52. The summed E-state index contributed by atoms with van der Waals surface area (Å²) in [5.74, 6) is 1.81. The first-order valence-corrected chi connectivity index (χ1v) is 6.97. The molecule has 4 heteroatoms. The summed E-state index contributed by atoms with van der Waals surface area (Å²) in [6, 6.07) is 4.59. The summed E-state index contributed by atoms with van der Waals surface area (Å²) in [7, 11) is 2.15. The van der Waals surface area contributed by atoms with E-state index in [-0.39, 0.29) is 0 Å². The number of nitrogens with two attached hydrogens (primary N) is 1. The van der Waals surface area contributed by atoms with E-state index in [1.54, 1.807) is 6.20 Å². The van der Waals surface area contributed by atoms with Crippen molar-refractivity contribution in [2.75, 3.05) is 24.8 Å². The summed E-state index contributed by atoms with van der Waals surface area (Å²) < 4.78 is 0. The van der Waals surface area contributed by atoms with Gasteiger partial charge in [0, 0.05) is 30.1 Å². The fraction of sp³-hybridized carbons (Fsp3) is 0.583. The number of pyridine rings is 1. The predicted octanol–water partition coefficient (Wildman–Crippen LogP) is 2.24. The number of nitrogens with zero attached hydrogens (tertiary/aromatic N) is 2. The normalized spacial score (nSPS) is 13.0. The molecule has 16 heavy (non-hydrogen) atoms. The minimum Gasteiger partial charge on any atom is -0.383 e. The first kappa shape index (κ1) is 13.3. The highest BCUT2D eigenvalue weighted by atomic mass is 32.2. The molecule has 0 bridgehead atoms. The van der Waals surface area contributed by atoms with Crippen LogP contribution >= 0.6 is 11.8 Å². The van der Waals surface area contributed by atoms with Crippen molar-refractivity contribution in [2.45, 2.75) is 25.9 Å². The number of hydrogen-bond donors (Lipinski definition) is 1. The van der Waals surface area contributed by atoms with Crippen LogP contribution in [0, 0.1) is 0 Å². The summed E-state index contributed by atoms with van der Waals surface area (Å²) in [5, 5.41) is 0. The summed E-state index contributed by atoms with van der Waals surface area (Å²) in [4.78, 5) is 6.46. The van der Waals surface area contributed by atoms with E-state index < -0.39 is 0 Å². The van der Waals surface area contributed by atoms with Crippen LogP contribution in [0.2, 0.25) is 0 Å². The monoisotopic (exact) mass is 239 g/mol. The molecule has 3 nitrogen and oxygen atoms in total. The lowest BCUT2D eigenvalue weighted by Gasteiger charge is -2.26. The first-order chi connectivity index (χ1) is 7.69. The largest absolute Gasteiger partial charge is 0.383 e. The second-order valence-electron chi connectivity index (χ2n) is 3.98. The van der Waals surface area contributed by atoms with Crippen molar-refractivity contribution in [2.24, 2.45) is 0 Å². The topological polar surface area (TPSA) is 42.2 Å². The van der Waals surface area contributed by atoms with Crippen molar-refractivity contribution in [3.05, 3.63) is 23.9 Å². The van der Waals surface area contributed by atoms with Gasteiger partial charge in [0.2, 0.25) is 0 Å². The zero-order valence-electron chi connectivity index (χ0n) is 10.3. The van der Waals surface area contributed by atoms with Crippen molar-refractivity contribution >= 4 is 17.6 Å². The molecule has 1 aromatic rings. The zero-order chi connectivity index (χ0) is 12.0. The van der Waals surface area contributed by atoms with E-state index in [1.165, 1.54) is 0 Å². The molecule has 1 atom stereocenters. The Kier molecular flexibility index (Phi) is 5.63. The first-order valence-electron chi connectivity index (χ1n) is 5.57. The third kappa shape index (κ3) is 3.68. The van der Waals surface area contributed by atoms with Gasteiger partial charge in [-0.1, -0.05) is 13.0 Å². The molecule has 2 N–H and O–H groups in total. The molecule has 0 spiro atoms. The highest BCUT2D eigenvalue weighted by Crippen LogP contribution is 2.14. The van der Waals surface area contributed by atoms with E-state index in [4.69, 9.17) is 5.73 Å². The lowest BCUT2D eigenvalue weighted by atomic mass is 10.2. The van der Waals surface area contributed by atoms with Gasteiger partial charge in [0.1, 0.15) is 5.82 Å². The van der Waals surface area contributed by atoms with Crippen LogP contribution in [-0.2, 0) is 6.54 Å². The van der Waals surface area contributed by atoms with Gasteiger partial charge in [-0.05, 0) is 25.8 Å². The molecule has 1 heterocycles. The van der Waals surface area contributed by atoms with Gasteiger partial charge in [-0.2, -0.15) is 11.8 Å². The van der Waals surface area contributed by atoms with Crippen LogP contribution in [0.5, 0.6) is 0 Å². The molecule has 0 aliphatic carbocycles. The number of nitrogen functional groups attached to an aromatic ring is 1. The maximum Gasteiger partial charge on any atom is 0.127 e. The Labute approximate surface area is 102 Å². The molecule has 1 aromatic heterocycles. The number of anilines is 1. The predicted molar refractivity (Wildman–Crippen MR) is 72.6 cm³/mol. The highest BCUT2D eigenvalue weighted by molar-refractivity contribution is 7.98. The van der Waals surface area contributed by atoms with E-state index in [1.807, 2.05) is 23.9 Å². The Bertz CT molecular complexity index is 317. The van der Waals surface area contributed by atoms with Crippen LogP contribution in [0.25, 0.3) is 0 Å². The van der Waals surface area contributed by atoms with E-state index in [9.17, 15) is 0 Å². The van der Waals surface area contributed by atoms with Gasteiger partial charge in [0.25, 0.3) is 0 Å². The molecule has 1 unspecified atom stereocenters. The molecule has 1 rings (SSSR count). The molecule has 0 saturated heterocycles. The van der Waals surface area contributed by atoms with Crippen LogP contribution in [-0.4, -0.2) is 35.0 Å². The number of hydrogen-bond acceptors (Lipinski definition) is 4. The average molecular weight is 239 g/mol. The van der Waals surface area contributed by atoms with E-state index >= 15 is 0 Å². The minimum atomic E-state index is 0.606. The number of thioether (sulfide) groups is 1. The molecule has 0 fully saturated rings. The Morgan fingerprint density at radius 3 is 2.88 bits per heavy atom. The smallest absolute Gasteiger partial charge is 0.127 e. The number of aromatic nitrogens is 1. The van der Waals surface area contributed by atoms with Gasteiger partial charge in [-0.15, -0.1) is 0 Å². The maximum absolute atomic E-state index is 5.84. The summed E-state index contributed by atoms with van der Waals surface area (Å²) >= 11 is 1.89. The van der Waals surface area contributed by atoms with Crippen LogP contribution in [0.3, 0.4) is 0 Å². The fourth-order valence-electron chi connectivity index (χ4n) is 1.73. The van der Waals surface area contributed by atoms with Gasteiger partial charge in [-0.3, -0.25) is 4.90 Å².